The summed E-state index contributed by atoms with van der Waals surface area (Å²) in [5.74, 6) is 2.47. The summed E-state index contributed by atoms with van der Waals surface area (Å²) in [4.78, 5) is 0. The molecule has 1 atom stereocenters. The second-order valence-corrected chi connectivity index (χ2v) is 6.61. The number of halogens is 1. The quantitative estimate of drug-likeness (QED) is 0.749. The van der Waals surface area contributed by atoms with Gasteiger partial charge in [0.15, 0.2) is 0 Å². The van der Waals surface area contributed by atoms with Gasteiger partial charge in [-0.05, 0) is 49.0 Å². The molecule has 0 aliphatic rings. The van der Waals surface area contributed by atoms with Crippen molar-refractivity contribution in [2.45, 2.75) is 39.8 Å². The fraction of sp³-hybridized carbons (Fsp3) is 0.571. The van der Waals surface area contributed by atoms with E-state index in [2.05, 4.69) is 60.2 Å². The molecule has 1 rings (SSSR count). The molecule has 0 aliphatic carbocycles. The largest absolute Gasteiger partial charge is 0.310 e. The van der Waals surface area contributed by atoms with Crippen molar-refractivity contribution in [2.24, 2.45) is 0 Å². The van der Waals surface area contributed by atoms with Gasteiger partial charge < -0.3 is 5.32 Å². The second kappa shape index (κ2) is 8.17. The molecule has 0 radical (unpaired) electrons. The Morgan fingerprint density at radius 2 is 2.18 bits per heavy atom. The van der Waals surface area contributed by atoms with E-state index in [-0.39, 0.29) is 0 Å². The van der Waals surface area contributed by atoms with Gasteiger partial charge in [0.05, 0.1) is 0 Å². The van der Waals surface area contributed by atoms with Crippen LogP contribution in [0.25, 0.3) is 0 Å². The highest BCUT2D eigenvalue weighted by Crippen LogP contribution is 2.18. The van der Waals surface area contributed by atoms with E-state index in [1.165, 1.54) is 33.5 Å². The zero-order valence-corrected chi connectivity index (χ0v) is 13.3. The molecule has 0 bridgehead atoms. The molecule has 3 heteroatoms. The van der Waals surface area contributed by atoms with Crippen molar-refractivity contribution in [1.82, 2.24) is 5.32 Å². The van der Waals surface area contributed by atoms with Crippen molar-refractivity contribution in [3.05, 3.63) is 33.8 Å². The van der Waals surface area contributed by atoms with Crippen molar-refractivity contribution in [3.63, 3.8) is 0 Å². The summed E-state index contributed by atoms with van der Waals surface area (Å²) in [6, 6.07) is 7.12. The van der Waals surface area contributed by atoms with E-state index in [9.17, 15) is 0 Å². The van der Waals surface area contributed by atoms with E-state index in [1.54, 1.807) is 0 Å². The average Bonchev–Trinajstić information content (AvgIpc) is 2.28. The fourth-order valence-corrected chi connectivity index (χ4v) is 3.03. The smallest absolute Gasteiger partial charge is 0.0222 e. The molecule has 0 fully saturated rings. The molecule has 0 saturated carbocycles. The molecule has 1 N–H and O–H groups in total. The van der Waals surface area contributed by atoms with Gasteiger partial charge in [-0.1, -0.05) is 35.0 Å². The summed E-state index contributed by atoms with van der Waals surface area (Å²) in [6.45, 7) is 7.54. The number of nitrogens with one attached hydrogen (secondary N) is 1. The van der Waals surface area contributed by atoms with E-state index >= 15 is 0 Å². The predicted octanol–water partition coefficient (Wildman–Crippen LogP) is 4.38. The van der Waals surface area contributed by atoms with Crippen molar-refractivity contribution in [2.75, 3.05) is 11.5 Å². The number of benzene rings is 1. The van der Waals surface area contributed by atoms with E-state index < -0.39 is 0 Å². The standard InChI is InChI=1S/C14H22BrNS/c1-4-17-8-7-12(3)16-10-13-6-5-11(2)9-14(13)15/h5-6,9,12,16H,4,7-8,10H2,1-3H3. The number of rotatable bonds is 7. The Balaban J connectivity index is 2.34. The van der Waals surface area contributed by atoms with Crippen LogP contribution < -0.4 is 5.32 Å². The van der Waals surface area contributed by atoms with Gasteiger partial charge in [0.2, 0.25) is 0 Å². The Labute approximate surface area is 118 Å². The first kappa shape index (κ1) is 15.1. The van der Waals surface area contributed by atoms with Crippen LogP contribution in [0.4, 0.5) is 0 Å². The number of hydrogen-bond acceptors (Lipinski definition) is 2. The first-order chi connectivity index (χ1) is 8.13. The number of aryl methyl sites for hydroxylation is 1. The predicted molar refractivity (Wildman–Crippen MR) is 82.8 cm³/mol. The monoisotopic (exact) mass is 315 g/mol. The van der Waals surface area contributed by atoms with Crippen molar-refractivity contribution < 1.29 is 0 Å². The van der Waals surface area contributed by atoms with E-state index in [0.29, 0.717) is 6.04 Å². The molecular formula is C14H22BrNS. The summed E-state index contributed by atoms with van der Waals surface area (Å²) in [5.41, 5.74) is 2.64. The third kappa shape index (κ3) is 5.94. The van der Waals surface area contributed by atoms with Gasteiger partial charge in [0.1, 0.15) is 0 Å². The van der Waals surface area contributed by atoms with Crippen LogP contribution in [-0.4, -0.2) is 17.5 Å². The van der Waals surface area contributed by atoms with E-state index in [1.807, 2.05) is 11.8 Å². The second-order valence-electron chi connectivity index (χ2n) is 4.36. The molecule has 0 aliphatic heterocycles. The van der Waals surface area contributed by atoms with Crippen molar-refractivity contribution >= 4 is 27.7 Å². The molecule has 1 aromatic carbocycles. The summed E-state index contributed by atoms with van der Waals surface area (Å²) in [7, 11) is 0. The maximum absolute atomic E-state index is 3.62. The minimum Gasteiger partial charge on any atom is -0.310 e. The summed E-state index contributed by atoms with van der Waals surface area (Å²) < 4.78 is 1.21. The lowest BCUT2D eigenvalue weighted by Crippen LogP contribution is -2.26. The summed E-state index contributed by atoms with van der Waals surface area (Å²) >= 11 is 5.63. The van der Waals surface area contributed by atoms with Crippen molar-refractivity contribution in [1.29, 1.82) is 0 Å². The van der Waals surface area contributed by atoms with Gasteiger partial charge in [-0.15, -0.1) is 0 Å². The molecule has 0 saturated heterocycles. The summed E-state index contributed by atoms with van der Waals surface area (Å²) in [5, 5.41) is 3.57. The molecular weight excluding hydrogens is 294 g/mol. The van der Waals surface area contributed by atoms with Gasteiger partial charge in [-0.25, -0.2) is 0 Å². The molecule has 1 aromatic rings. The lowest BCUT2D eigenvalue weighted by molar-refractivity contribution is 0.536. The van der Waals surface area contributed by atoms with E-state index in [4.69, 9.17) is 0 Å². The van der Waals surface area contributed by atoms with Gasteiger partial charge in [-0.3, -0.25) is 0 Å². The highest BCUT2D eigenvalue weighted by molar-refractivity contribution is 9.10. The fourth-order valence-electron chi connectivity index (χ4n) is 1.59. The minimum atomic E-state index is 0.585. The first-order valence-electron chi connectivity index (χ1n) is 6.19. The summed E-state index contributed by atoms with van der Waals surface area (Å²) in [6.07, 6.45) is 1.24. The SMILES string of the molecule is CCSCCC(C)NCc1ccc(C)cc1Br. The molecule has 17 heavy (non-hydrogen) atoms. The molecule has 1 unspecified atom stereocenters. The van der Waals surface area contributed by atoms with Gasteiger partial charge in [-0.2, -0.15) is 11.8 Å². The highest BCUT2D eigenvalue weighted by atomic mass is 79.9. The van der Waals surface area contributed by atoms with Crippen LogP contribution in [-0.2, 0) is 6.54 Å². The molecule has 0 spiro atoms. The Morgan fingerprint density at radius 1 is 1.41 bits per heavy atom. The number of thioether (sulfide) groups is 1. The third-order valence-corrected chi connectivity index (χ3v) is 4.42. The van der Waals surface area contributed by atoms with Gasteiger partial charge in [0, 0.05) is 17.1 Å². The topological polar surface area (TPSA) is 12.0 Å². The van der Waals surface area contributed by atoms with Crippen LogP contribution in [0.1, 0.15) is 31.4 Å². The highest BCUT2D eigenvalue weighted by Gasteiger charge is 2.04. The van der Waals surface area contributed by atoms with Crippen molar-refractivity contribution in [3.8, 4) is 0 Å². The van der Waals surface area contributed by atoms with Crippen LogP contribution in [0, 0.1) is 6.92 Å². The first-order valence-corrected chi connectivity index (χ1v) is 8.14. The van der Waals surface area contributed by atoms with Gasteiger partial charge in [0.25, 0.3) is 0 Å². The van der Waals surface area contributed by atoms with Crippen LogP contribution >= 0.6 is 27.7 Å². The van der Waals surface area contributed by atoms with Crippen LogP contribution in [0.3, 0.4) is 0 Å². The lowest BCUT2D eigenvalue weighted by atomic mass is 10.1. The van der Waals surface area contributed by atoms with Crippen LogP contribution in [0.2, 0.25) is 0 Å². The average molecular weight is 316 g/mol. The van der Waals surface area contributed by atoms with Crippen LogP contribution in [0.5, 0.6) is 0 Å². The van der Waals surface area contributed by atoms with E-state index in [0.717, 1.165) is 6.54 Å². The molecule has 1 nitrogen and oxygen atoms in total. The lowest BCUT2D eigenvalue weighted by Gasteiger charge is -2.14. The zero-order chi connectivity index (χ0) is 12.7. The van der Waals surface area contributed by atoms with Gasteiger partial charge >= 0.3 is 0 Å². The third-order valence-electron chi connectivity index (χ3n) is 2.75. The maximum Gasteiger partial charge on any atom is 0.0222 e. The Kier molecular flexibility index (Phi) is 7.24. The maximum atomic E-state index is 3.62. The zero-order valence-electron chi connectivity index (χ0n) is 10.9. The molecule has 0 amide bonds. The van der Waals surface area contributed by atoms with Crippen LogP contribution in [0.15, 0.2) is 22.7 Å². The molecule has 0 heterocycles. The minimum absolute atomic E-state index is 0.585. The Morgan fingerprint density at radius 3 is 2.82 bits per heavy atom. The normalized spacial score (nSPS) is 12.7. The Bertz CT molecular complexity index is 341. The molecule has 0 aromatic heterocycles. The number of hydrogen-bond donors (Lipinski definition) is 1. The molecule has 96 valence electrons. The Hall–Kier alpha value is 0.01000.